The molecule has 1 N–H and O–H groups in total. The second kappa shape index (κ2) is 8.05. The molecule has 0 spiro atoms. The number of carbonyl (C=O) groups excluding carboxylic acids is 3. The van der Waals surface area contributed by atoms with Crippen molar-refractivity contribution in [2.24, 2.45) is 5.92 Å². The molecule has 4 rings (SSSR count). The average Bonchev–Trinajstić information content (AvgIpc) is 3.28. The van der Waals surface area contributed by atoms with Crippen molar-refractivity contribution in [1.29, 1.82) is 0 Å². The van der Waals surface area contributed by atoms with E-state index in [9.17, 15) is 14.4 Å². The van der Waals surface area contributed by atoms with E-state index in [2.05, 4.69) is 5.32 Å². The van der Waals surface area contributed by atoms with Crippen molar-refractivity contribution in [3.63, 3.8) is 0 Å². The predicted octanol–water partition coefficient (Wildman–Crippen LogP) is 4.11. The number of benzene rings is 2. The van der Waals surface area contributed by atoms with E-state index in [0.29, 0.717) is 40.1 Å². The molecule has 2 aromatic rings. The Balaban J connectivity index is 1.45. The first-order valence-corrected chi connectivity index (χ1v) is 10.2. The molecule has 2 heterocycles. The number of halogens is 2. The van der Waals surface area contributed by atoms with Gasteiger partial charge in [-0.15, -0.1) is 0 Å². The van der Waals surface area contributed by atoms with Gasteiger partial charge in [0, 0.05) is 31.6 Å². The van der Waals surface area contributed by atoms with Crippen molar-refractivity contribution >= 4 is 58.0 Å². The second-order valence-electron chi connectivity index (χ2n) is 7.16. The van der Waals surface area contributed by atoms with Crippen LogP contribution in [0.4, 0.5) is 17.1 Å². The van der Waals surface area contributed by atoms with Crippen molar-refractivity contribution in [2.75, 3.05) is 28.2 Å². The quantitative estimate of drug-likeness (QED) is 0.791. The van der Waals surface area contributed by atoms with Gasteiger partial charge in [0.25, 0.3) is 0 Å². The highest BCUT2D eigenvalue weighted by Crippen LogP contribution is 2.33. The lowest BCUT2D eigenvalue weighted by Crippen LogP contribution is -2.28. The van der Waals surface area contributed by atoms with Crippen LogP contribution in [-0.4, -0.2) is 30.8 Å². The standard InChI is InChI=1S/C21H19Cl2N3O3/c22-15-4-1-2-5-17(15)26-12-13(10-20(26)28)21(29)24-14-7-8-18(16(23)11-14)25-9-3-6-19(25)27/h1-2,4-5,7-8,11,13H,3,6,9-10,12H2,(H,24,29). The molecule has 0 bridgehead atoms. The van der Waals surface area contributed by atoms with Crippen LogP contribution in [0.2, 0.25) is 10.0 Å². The lowest BCUT2D eigenvalue weighted by atomic mass is 10.1. The fourth-order valence-electron chi connectivity index (χ4n) is 3.74. The van der Waals surface area contributed by atoms with Crippen LogP contribution in [0.3, 0.4) is 0 Å². The van der Waals surface area contributed by atoms with Crippen LogP contribution < -0.4 is 15.1 Å². The lowest BCUT2D eigenvalue weighted by Gasteiger charge is -2.19. The number of amides is 3. The van der Waals surface area contributed by atoms with E-state index in [1.54, 1.807) is 52.3 Å². The first kappa shape index (κ1) is 19.7. The van der Waals surface area contributed by atoms with E-state index in [1.165, 1.54) is 0 Å². The Kier molecular flexibility index (Phi) is 5.48. The average molecular weight is 432 g/mol. The van der Waals surface area contributed by atoms with E-state index < -0.39 is 5.92 Å². The number of nitrogens with one attached hydrogen (secondary N) is 1. The topological polar surface area (TPSA) is 69.7 Å². The molecular weight excluding hydrogens is 413 g/mol. The molecule has 3 amide bonds. The van der Waals surface area contributed by atoms with Gasteiger partial charge >= 0.3 is 0 Å². The summed E-state index contributed by atoms with van der Waals surface area (Å²) in [6, 6.07) is 12.1. The molecule has 2 saturated heterocycles. The third kappa shape index (κ3) is 3.95. The number of para-hydroxylation sites is 1. The van der Waals surface area contributed by atoms with Gasteiger partial charge in [-0.1, -0.05) is 35.3 Å². The minimum Gasteiger partial charge on any atom is -0.326 e. The highest BCUT2D eigenvalue weighted by molar-refractivity contribution is 6.34. The Bertz CT molecular complexity index is 995. The maximum Gasteiger partial charge on any atom is 0.229 e. The molecule has 0 radical (unpaired) electrons. The van der Waals surface area contributed by atoms with Crippen LogP contribution >= 0.6 is 23.2 Å². The minimum atomic E-state index is -0.489. The normalized spacial score (nSPS) is 19.2. The summed E-state index contributed by atoms with van der Waals surface area (Å²) >= 11 is 12.5. The fourth-order valence-corrected chi connectivity index (χ4v) is 4.26. The van der Waals surface area contributed by atoms with Gasteiger partial charge in [0.05, 0.1) is 27.3 Å². The molecule has 1 atom stereocenters. The number of anilines is 3. The maximum absolute atomic E-state index is 12.7. The summed E-state index contributed by atoms with van der Waals surface area (Å²) in [6.45, 7) is 0.912. The third-order valence-electron chi connectivity index (χ3n) is 5.22. The van der Waals surface area contributed by atoms with Crippen molar-refractivity contribution in [1.82, 2.24) is 0 Å². The zero-order valence-electron chi connectivity index (χ0n) is 15.5. The summed E-state index contributed by atoms with van der Waals surface area (Å²) in [5.74, 6) is -0.835. The zero-order valence-corrected chi connectivity index (χ0v) is 17.0. The largest absolute Gasteiger partial charge is 0.326 e. The number of hydrogen-bond donors (Lipinski definition) is 1. The zero-order chi connectivity index (χ0) is 20.5. The van der Waals surface area contributed by atoms with Crippen molar-refractivity contribution in [2.45, 2.75) is 19.3 Å². The Hall–Kier alpha value is -2.57. The lowest BCUT2D eigenvalue weighted by molar-refractivity contribution is -0.122. The summed E-state index contributed by atoms with van der Waals surface area (Å²) in [7, 11) is 0. The molecule has 2 aromatic carbocycles. The summed E-state index contributed by atoms with van der Waals surface area (Å²) in [5.41, 5.74) is 1.78. The van der Waals surface area contributed by atoms with Crippen molar-refractivity contribution in [3.8, 4) is 0 Å². The molecule has 2 aliphatic rings. The van der Waals surface area contributed by atoms with Gasteiger partial charge in [-0.3, -0.25) is 14.4 Å². The van der Waals surface area contributed by atoms with Crippen LogP contribution in [-0.2, 0) is 14.4 Å². The van der Waals surface area contributed by atoms with Gasteiger partial charge in [0.2, 0.25) is 17.7 Å². The van der Waals surface area contributed by atoms with E-state index in [-0.39, 0.29) is 30.7 Å². The monoisotopic (exact) mass is 431 g/mol. The highest BCUT2D eigenvalue weighted by atomic mass is 35.5. The number of rotatable bonds is 4. The summed E-state index contributed by atoms with van der Waals surface area (Å²) in [6.07, 6.45) is 1.45. The second-order valence-corrected chi connectivity index (χ2v) is 7.98. The molecule has 29 heavy (non-hydrogen) atoms. The van der Waals surface area contributed by atoms with Crippen molar-refractivity contribution < 1.29 is 14.4 Å². The minimum absolute atomic E-state index is 0.0489. The number of carbonyl (C=O) groups is 3. The highest BCUT2D eigenvalue weighted by Gasteiger charge is 2.36. The van der Waals surface area contributed by atoms with Crippen LogP contribution in [0.25, 0.3) is 0 Å². The van der Waals surface area contributed by atoms with E-state index >= 15 is 0 Å². The number of hydrogen-bond acceptors (Lipinski definition) is 3. The van der Waals surface area contributed by atoms with Gasteiger partial charge in [-0.25, -0.2) is 0 Å². The Morgan fingerprint density at radius 2 is 1.72 bits per heavy atom. The van der Waals surface area contributed by atoms with Crippen LogP contribution in [0.15, 0.2) is 42.5 Å². The van der Waals surface area contributed by atoms with Gasteiger partial charge in [0.15, 0.2) is 0 Å². The smallest absolute Gasteiger partial charge is 0.229 e. The van der Waals surface area contributed by atoms with Crippen LogP contribution in [0, 0.1) is 5.92 Å². The van der Waals surface area contributed by atoms with E-state index in [4.69, 9.17) is 23.2 Å². The first-order valence-electron chi connectivity index (χ1n) is 9.39. The molecule has 2 fully saturated rings. The Labute approximate surface area is 178 Å². The molecule has 6 nitrogen and oxygen atoms in total. The predicted molar refractivity (Wildman–Crippen MR) is 114 cm³/mol. The molecule has 1 unspecified atom stereocenters. The summed E-state index contributed by atoms with van der Waals surface area (Å²) < 4.78 is 0. The van der Waals surface area contributed by atoms with E-state index in [0.717, 1.165) is 6.42 Å². The maximum atomic E-state index is 12.7. The molecular formula is C21H19Cl2N3O3. The van der Waals surface area contributed by atoms with Gasteiger partial charge in [-0.05, 0) is 36.8 Å². The molecule has 0 aliphatic carbocycles. The van der Waals surface area contributed by atoms with E-state index in [1.807, 2.05) is 0 Å². The Morgan fingerprint density at radius 1 is 0.966 bits per heavy atom. The van der Waals surface area contributed by atoms with Gasteiger partial charge in [0.1, 0.15) is 0 Å². The molecule has 8 heteroatoms. The van der Waals surface area contributed by atoms with Crippen molar-refractivity contribution in [3.05, 3.63) is 52.5 Å². The molecule has 0 saturated carbocycles. The third-order valence-corrected chi connectivity index (χ3v) is 5.84. The fraction of sp³-hybridized carbons (Fsp3) is 0.286. The summed E-state index contributed by atoms with van der Waals surface area (Å²) in [5, 5.41) is 3.70. The first-order chi connectivity index (χ1) is 13.9. The van der Waals surface area contributed by atoms with Crippen LogP contribution in [0.1, 0.15) is 19.3 Å². The molecule has 150 valence electrons. The van der Waals surface area contributed by atoms with Crippen LogP contribution in [0.5, 0.6) is 0 Å². The summed E-state index contributed by atoms with van der Waals surface area (Å²) in [4.78, 5) is 40.2. The Morgan fingerprint density at radius 3 is 2.41 bits per heavy atom. The SMILES string of the molecule is O=C(Nc1ccc(N2CCCC2=O)c(Cl)c1)C1CC(=O)N(c2ccccc2Cl)C1. The number of nitrogens with zero attached hydrogens (tertiary/aromatic N) is 2. The molecule has 0 aromatic heterocycles. The van der Waals surface area contributed by atoms with Gasteiger partial charge < -0.3 is 15.1 Å². The van der Waals surface area contributed by atoms with Gasteiger partial charge in [-0.2, -0.15) is 0 Å². The molecule has 2 aliphatic heterocycles.